The van der Waals surface area contributed by atoms with Crippen molar-refractivity contribution >= 4 is 33.1 Å². The molecule has 0 radical (unpaired) electrons. The first kappa shape index (κ1) is 21.2. The van der Waals surface area contributed by atoms with Crippen LogP contribution < -0.4 is 19.9 Å². The number of amides is 1. The summed E-state index contributed by atoms with van der Waals surface area (Å²) in [4.78, 5) is 18.6. The quantitative estimate of drug-likeness (QED) is 0.457. The summed E-state index contributed by atoms with van der Waals surface area (Å²) in [7, 11) is 0. The number of hydrogen-bond donors (Lipinski definition) is 1. The van der Waals surface area contributed by atoms with E-state index in [1.165, 1.54) is 0 Å². The van der Waals surface area contributed by atoms with Crippen LogP contribution in [0.2, 0.25) is 0 Å². The molecule has 1 amide bonds. The van der Waals surface area contributed by atoms with Gasteiger partial charge >= 0.3 is 0 Å². The molecule has 7 heteroatoms. The van der Waals surface area contributed by atoms with Gasteiger partial charge in [0.05, 0.1) is 25.4 Å². The van der Waals surface area contributed by atoms with Crippen molar-refractivity contribution in [3.63, 3.8) is 0 Å². The van der Waals surface area contributed by atoms with Crippen molar-refractivity contribution in [3.8, 4) is 11.5 Å². The van der Waals surface area contributed by atoms with Crippen LogP contribution >= 0.6 is 15.9 Å². The van der Waals surface area contributed by atoms with Gasteiger partial charge in [-0.1, -0.05) is 28.1 Å². The van der Waals surface area contributed by atoms with Gasteiger partial charge in [-0.2, -0.15) is 0 Å². The van der Waals surface area contributed by atoms with Gasteiger partial charge in [0.25, 0.3) is 5.91 Å². The van der Waals surface area contributed by atoms with E-state index in [9.17, 15) is 4.79 Å². The summed E-state index contributed by atoms with van der Waals surface area (Å²) < 4.78 is 12.5. The first-order valence-corrected chi connectivity index (χ1v) is 10.5. The van der Waals surface area contributed by atoms with Gasteiger partial charge in [0.15, 0.2) is 11.5 Å². The molecular formula is C22H25BrN2O4. The normalized spacial score (nSPS) is 14.3. The van der Waals surface area contributed by atoms with Crippen molar-refractivity contribution in [2.75, 3.05) is 24.9 Å². The van der Waals surface area contributed by atoms with Crippen molar-refractivity contribution in [1.29, 1.82) is 0 Å². The van der Waals surface area contributed by atoms with E-state index in [2.05, 4.69) is 21.2 Å². The Bertz CT molecular complexity index is 914. The van der Waals surface area contributed by atoms with Crippen molar-refractivity contribution in [2.45, 2.75) is 27.3 Å². The first-order valence-electron chi connectivity index (χ1n) is 9.68. The minimum atomic E-state index is -0.153. The Morgan fingerprint density at radius 3 is 2.62 bits per heavy atom. The minimum absolute atomic E-state index is 0.153. The molecule has 1 aliphatic heterocycles. The molecule has 2 aromatic carbocycles. The fourth-order valence-corrected chi connectivity index (χ4v) is 3.50. The van der Waals surface area contributed by atoms with Crippen molar-refractivity contribution in [1.82, 2.24) is 5.32 Å². The highest BCUT2D eigenvalue weighted by atomic mass is 79.9. The van der Waals surface area contributed by atoms with Gasteiger partial charge in [-0.25, -0.2) is 5.06 Å². The highest BCUT2D eigenvalue weighted by Gasteiger charge is 2.24. The summed E-state index contributed by atoms with van der Waals surface area (Å²) in [6.07, 6.45) is 1.71. The Morgan fingerprint density at radius 1 is 1.10 bits per heavy atom. The number of anilines is 1. The Morgan fingerprint density at radius 2 is 1.90 bits per heavy atom. The molecule has 0 saturated carbocycles. The lowest BCUT2D eigenvalue weighted by Crippen LogP contribution is -2.31. The number of carbonyl (C=O) groups excluding carboxylic acids is 1. The number of fused-ring (bicyclic) bond motifs is 1. The number of benzene rings is 2. The molecule has 0 unspecified atom stereocenters. The molecule has 6 nitrogen and oxygen atoms in total. The summed E-state index contributed by atoms with van der Waals surface area (Å²) >= 11 is 3.50. The Balaban J connectivity index is 2.11. The lowest BCUT2D eigenvalue weighted by molar-refractivity contribution is -0.116. The van der Waals surface area contributed by atoms with Crippen LogP contribution in [0.15, 0.2) is 47.1 Å². The zero-order valence-corrected chi connectivity index (χ0v) is 18.4. The number of halogens is 1. The Labute approximate surface area is 179 Å². The second kappa shape index (κ2) is 9.80. The van der Waals surface area contributed by atoms with Gasteiger partial charge in [0.1, 0.15) is 5.69 Å². The van der Waals surface area contributed by atoms with Crippen molar-refractivity contribution < 1.29 is 19.1 Å². The van der Waals surface area contributed by atoms with Gasteiger partial charge in [0, 0.05) is 17.2 Å². The zero-order chi connectivity index (χ0) is 20.8. The summed E-state index contributed by atoms with van der Waals surface area (Å²) in [5.41, 5.74) is 3.10. The number of nitrogens with one attached hydrogen (secondary N) is 1. The monoisotopic (exact) mass is 460 g/mol. The van der Waals surface area contributed by atoms with E-state index in [4.69, 9.17) is 14.3 Å². The number of para-hydroxylation sites is 1. The second-order valence-corrected chi connectivity index (χ2v) is 7.16. The topological polar surface area (TPSA) is 60.0 Å². The van der Waals surface area contributed by atoms with Gasteiger partial charge < -0.3 is 14.8 Å². The van der Waals surface area contributed by atoms with Crippen LogP contribution in [0, 0.1) is 0 Å². The van der Waals surface area contributed by atoms with Crippen LogP contribution in [0.3, 0.4) is 0 Å². The van der Waals surface area contributed by atoms with Crippen LogP contribution in [0.1, 0.15) is 31.9 Å². The summed E-state index contributed by atoms with van der Waals surface area (Å²) in [5.74, 6) is 1.05. The lowest BCUT2D eigenvalue weighted by atomic mass is 9.96. The standard InChI is InChI=1S/C22H25BrN2O4/c1-4-27-20-9-7-8-19(21(20)28-5-2)25(29-6-3)14-18-17-12-16(23)11-10-15(17)13-24-22(18)26/h7-12,14H,4-6,13H2,1-3H3,(H,24,26). The summed E-state index contributed by atoms with van der Waals surface area (Å²) in [6.45, 7) is 7.64. The van der Waals surface area contributed by atoms with Crippen molar-refractivity contribution in [2.24, 2.45) is 0 Å². The van der Waals surface area contributed by atoms with Gasteiger partial charge in [-0.15, -0.1) is 0 Å². The molecule has 29 heavy (non-hydrogen) atoms. The molecule has 2 aromatic rings. The van der Waals surface area contributed by atoms with E-state index in [0.717, 1.165) is 15.6 Å². The minimum Gasteiger partial charge on any atom is -0.490 e. The maximum Gasteiger partial charge on any atom is 0.253 e. The number of hydroxylamine groups is 1. The Kier molecular flexibility index (Phi) is 7.17. The third-order valence-electron chi connectivity index (χ3n) is 4.34. The molecule has 0 spiro atoms. The van der Waals surface area contributed by atoms with Crippen LogP contribution in [-0.4, -0.2) is 25.7 Å². The number of ether oxygens (including phenoxy) is 2. The molecular weight excluding hydrogens is 436 g/mol. The molecule has 154 valence electrons. The molecule has 1 N–H and O–H groups in total. The van der Waals surface area contributed by atoms with Crippen LogP contribution in [0.5, 0.6) is 11.5 Å². The summed E-state index contributed by atoms with van der Waals surface area (Å²) in [6, 6.07) is 11.5. The molecule has 3 rings (SSSR count). The van der Waals surface area contributed by atoms with Crippen molar-refractivity contribution in [3.05, 3.63) is 58.2 Å². The van der Waals surface area contributed by atoms with Crippen LogP contribution in [-0.2, 0) is 16.2 Å². The highest BCUT2D eigenvalue weighted by Crippen LogP contribution is 2.39. The largest absolute Gasteiger partial charge is 0.490 e. The average molecular weight is 461 g/mol. The molecule has 0 aliphatic carbocycles. The average Bonchev–Trinajstić information content (AvgIpc) is 2.71. The van der Waals surface area contributed by atoms with E-state index in [1.807, 2.05) is 57.2 Å². The van der Waals surface area contributed by atoms with Gasteiger partial charge in [0.2, 0.25) is 0 Å². The van der Waals surface area contributed by atoms with E-state index in [0.29, 0.717) is 49.1 Å². The summed E-state index contributed by atoms with van der Waals surface area (Å²) in [5, 5.41) is 4.50. The van der Waals surface area contributed by atoms with Gasteiger partial charge in [-0.05, 0) is 56.2 Å². The first-order chi connectivity index (χ1) is 14.1. The molecule has 0 fully saturated rings. The third-order valence-corrected chi connectivity index (χ3v) is 4.84. The smallest absolute Gasteiger partial charge is 0.253 e. The molecule has 0 atom stereocenters. The molecule has 1 aliphatic rings. The van der Waals surface area contributed by atoms with E-state index in [-0.39, 0.29) is 5.91 Å². The zero-order valence-electron chi connectivity index (χ0n) is 16.8. The number of rotatable bonds is 8. The van der Waals surface area contributed by atoms with E-state index >= 15 is 0 Å². The molecule has 0 bridgehead atoms. The van der Waals surface area contributed by atoms with E-state index in [1.54, 1.807) is 11.3 Å². The molecule has 1 heterocycles. The predicted octanol–water partition coefficient (Wildman–Crippen LogP) is 4.68. The molecule has 0 saturated heterocycles. The van der Waals surface area contributed by atoms with E-state index < -0.39 is 0 Å². The number of hydrogen-bond acceptors (Lipinski definition) is 5. The predicted molar refractivity (Wildman–Crippen MR) is 117 cm³/mol. The molecule has 0 aromatic heterocycles. The van der Waals surface area contributed by atoms with Gasteiger partial charge in [-0.3, -0.25) is 9.63 Å². The Hall–Kier alpha value is -2.51. The number of nitrogens with zero attached hydrogens (tertiary/aromatic N) is 1. The third kappa shape index (κ3) is 4.74. The fraction of sp³-hybridized carbons (Fsp3) is 0.318. The second-order valence-electron chi connectivity index (χ2n) is 6.24. The van der Waals surface area contributed by atoms with Crippen LogP contribution in [0.4, 0.5) is 5.69 Å². The lowest BCUT2D eigenvalue weighted by Gasteiger charge is -2.26. The fourth-order valence-electron chi connectivity index (χ4n) is 3.14. The highest BCUT2D eigenvalue weighted by molar-refractivity contribution is 9.10. The van der Waals surface area contributed by atoms with Crippen LogP contribution in [0.25, 0.3) is 5.57 Å². The maximum atomic E-state index is 12.7. The number of carbonyl (C=O) groups is 1. The maximum absolute atomic E-state index is 12.7. The SMILES string of the molecule is CCOc1cccc(N(C=C2C(=O)NCc3ccc(Br)cc32)OCC)c1OCC.